The molecule has 1 saturated heterocycles. The van der Waals surface area contributed by atoms with Gasteiger partial charge in [-0.25, -0.2) is 9.18 Å². The number of hydrogen-bond acceptors (Lipinski definition) is 4. The highest BCUT2D eigenvalue weighted by Gasteiger charge is 2.20. The van der Waals surface area contributed by atoms with E-state index in [4.69, 9.17) is 0 Å². The van der Waals surface area contributed by atoms with E-state index in [0.717, 1.165) is 5.69 Å². The van der Waals surface area contributed by atoms with Crippen LogP contribution >= 0.6 is 0 Å². The van der Waals surface area contributed by atoms with Gasteiger partial charge in [-0.2, -0.15) is 0 Å². The highest BCUT2D eigenvalue weighted by Crippen LogP contribution is 2.20. The van der Waals surface area contributed by atoms with E-state index in [9.17, 15) is 14.0 Å². The molecule has 1 aliphatic rings. The van der Waals surface area contributed by atoms with Crippen molar-refractivity contribution in [3.63, 3.8) is 0 Å². The van der Waals surface area contributed by atoms with Crippen molar-refractivity contribution in [2.24, 2.45) is 0 Å². The summed E-state index contributed by atoms with van der Waals surface area (Å²) >= 11 is 0. The number of anilines is 2. The van der Waals surface area contributed by atoms with E-state index >= 15 is 0 Å². The first kappa shape index (κ1) is 19.8. The third-order valence-corrected chi connectivity index (χ3v) is 4.71. The Kier molecular flexibility index (Phi) is 6.20. The van der Waals surface area contributed by atoms with Gasteiger partial charge in [0.25, 0.3) is 0 Å². The molecule has 0 aliphatic carbocycles. The molecule has 3 amide bonds. The first-order valence-electron chi connectivity index (χ1n) is 9.18. The van der Waals surface area contributed by atoms with Gasteiger partial charge in [-0.3, -0.25) is 14.7 Å². The number of halogens is 1. The molecule has 2 N–H and O–H groups in total. The van der Waals surface area contributed by atoms with Crippen molar-refractivity contribution in [3.05, 3.63) is 53.6 Å². The van der Waals surface area contributed by atoms with E-state index in [1.165, 1.54) is 6.07 Å². The second-order valence-electron chi connectivity index (χ2n) is 6.83. The van der Waals surface area contributed by atoms with Crippen molar-refractivity contribution in [2.75, 3.05) is 36.8 Å². The fourth-order valence-corrected chi connectivity index (χ4v) is 3.09. The van der Waals surface area contributed by atoms with Gasteiger partial charge in [-0.1, -0.05) is 12.1 Å². The molecule has 8 heteroatoms. The number of carbonyl (C=O) groups excluding carboxylic acids is 2. The predicted octanol–water partition coefficient (Wildman–Crippen LogP) is 2.84. The van der Waals surface area contributed by atoms with E-state index in [1.54, 1.807) is 42.3 Å². The van der Waals surface area contributed by atoms with Crippen molar-refractivity contribution in [2.45, 2.75) is 20.4 Å². The number of hydrogen-bond donors (Lipinski definition) is 2. The Bertz CT molecular complexity index is 848. The molecule has 0 unspecified atom stereocenters. The molecule has 0 radical (unpaired) electrons. The largest absolute Gasteiger partial charge is 0.340 e. The molecular weight excluding hydrogens is 361 g/mol. The first-order valence-corrected chi connectivity index (χ1v) is 9.18. The molecular formula is C20H24FN5O2. The van der Waals surface area contributed by atoms with Gasteiger partial charge in [0.05, 0.1) is 17.6 Å². The van der Waals surface area contributed by atoms with Gasteiger partial charge in [0.15, 0.2) is 5.82 Å². The minimum Gasteiger partial charge on any atom is -0.340 e. The summed E-state index contributed by atoms with van der Waals surface area (Å²) in [6.45, 7) is 6.50. The number of aromatic nitrogens is 1. The van der Waals surface area contributed by atoms with E-state index in [2.05, 4.69) is 20.5 Å². The summed E-state index contributed by atoms with van der Waals surface area (Å²) in [6, 6.07) is 7.93. The maximum absolute atomic E-state index is 14.8. The number of pyridine rings is 1. The smallest absolute Gasteiger partial charge is 0.323 e. The van der Waals surface area contributed by atoms with Gasteiger partial charge < -0.3 is 15.5 Å². The quantitative estimate of drug-likeness (QED) is 0.848. The van der Waals surface area contributed by atoms with Gasteiger partial charge in [0, 0.05) is 50.9 Å². The Balaban J connectivity index is 1.60. The molecule has 1 fully saturated rings. The second-order valence-corrected chi connectivity index (χ2v) is 6.83. The van der Waals surface area contributed by atoms with Gasteiger partial charge in [0.2, 0.25) is 5.91 Å². The van der Waals surface area contributed by atoms with Crippen LogP contribution in [0.5, 0.6) is 0 Å². The van der Waals surface area contributed by atoms with Crippen molar-refractivity contribution < 1.29 is 14.0 Å². The molecule has 7 nitrogen and oxygen atoms in total. The normalized spacial score (nSPS) is 14.6. The molecule has 2 heterocycles. The van der Waals surface area contributed by atoms with Crippen LogP contribution in [0.25, 0.3) is 0 Å². The molecule has 0 atom stereocenters. The molecule has 148 valence electrons. The Morgan fingerprint density at radius 3 is 2.50 bits per heavy atom. The van der Waals surface area contributed by atoms with Gasteiger partial charge >= 0.3 is 6.03 Å². The van der Waals surface area contributed by atoms with Gasteiger partial charge in [0.1, 0.15) is 0 Å². The van der Waals surface area contributed by atoms with Crippen LogP contribution in [0.15, 0.2) is 36.5 Å². The molecule has 0 saturated carbocycles. The molecule has 1 aromatic carbocycles. The van der Waals surface area contributed by atoms with Crippen molar-refractivity contribution in [1.82, 2.24) is 14.8 Å². The van der Waals surface area contributed by atoms with E-state index in [0.29, 0.717) is 44.0 Å². The van der Waals surface area contributed by atoms with Gasteiger partial charge in [-0.15, -0.1) is 0 Å². The Morgan fingerprint density at radius 1 is 1.11 bits per heavy atom. The molecule has 2 aromatic rings. The molecule has 1 aromatic heterocycles. The number of nitrogens with zero attached hydrogens (tertiary/aromatic N) is 3. The van der Waals surface area contributed by atoms with Crippen LogP contribution in [0, 0.1) is 12.7 Å². The zero-order valence-corrected chi connectivity index (χ0v) is 16.0. The SMILES string of the molecule is CC(=O)N1CCN(Cc2cccc(NC(=O)Nc3ccc(C)nc3)c2F)CC1. The summed E-state index contributed by atoms with van der Waals surface area (Å²) in [7, 11) is 0. The summed E-state index contributed by atoms with van der Waals surface area (Å²) in [5.74, 6) is -0.388. The minimum absolute atomic E-state index is 0.0619. The zero-order valence-electron chi connectivity index (χ0n) is 16.0. The van der Waals surface area contributed by atoms with E-state index in [1.807, 2.05) is 6.92 Å². The summed E-state index contributed by atoms with van der Waals surface area (Å²) in [5, 5.41) is 5.18. The fraction of sp³-hybridized carbons (Fsp3) is 0.350. The van der Waals surface area contributed by atoms with Crippen LogP contribution in [-0.2, 0) is 11.3 Å². The van der Waals surface area contributed by atoms with Crippen molar-refractivity contribution in [3.8, 4) is 0 Å². The maximum Gasteiger partial charge on any atom is 0.323 e. The van der Waals surface area contributed by atoms with Crippen molar-refractivity contribution in [1.29, 1.82) is 0 Å². The number of amides is 3. The van der Waals surface area contributed by atoms with E-state index in [-0.39, 0.29) is 11.6 Å². The first-order chi connectivity index (χ1) is 13.4. The number of rotatable bonds is 4. The van der Waals surface area contributed by atoms with Crippen LogP contribution in [0.1, 0.15) is 18.2 Å². The highest BCUT2D eigenvalue weighted by atomic mass is 19.1. The lowest BCUT2D eigenvalue weighted by Gasteiger charge is -2.34. The predicted molar refractivity (Wildman–Crippen MR) is 106 cm³/mol. The number of piperazine rings is 1. The number of nitrogens with one attached hydrogen (secondary N) is 2. The Hall–Kier alpha value is -3.00. The lowest BCUT2D eigenvalue weighted by atomic mass is 10.1. The molecule has 1 aliphatic heterocycles. The molecule has 0 spiro atoms. The molecule has 0 bridgehead atoms. The second kappa shape index (κ2) is 8.79. The maximum atomic E-state index is 14.8. The average Bonchev–Trinajstić information content (AvgIpc) is 2.67. The summed E-state index contributed by atoms with van der Waals surface area (Å²) < 4.78 is 14.8. The third kappa shape index (κ3) is 5.04. The number of urea groups is 1. The third-order valence-electron chi connectivity index (χ3n) is 4.71. The molecule has 28 heavy (non-hydrogen) atoms. The van der Waals surface area contributed by atoms with E-state index < -0.39 is 11.8 Å². The lowest BCUT2D eigenvalue weighted by Crippen LogP contribution is -2.47. The standard InChI is InChI=1S/C20H24FN5O2/c1-14-6-7-17(12-22-14)23-20(28)24-18-5-3-4-16(19(18)21)13-25-8-10-26(11-9-25)15(2)27/h3-7,12H,8-11,13H2,1-2H3,(H2,23,24,28). The number of benzene rings is 1. The van der Waals surface area contributed by atoms with Gasteiger partial charge in [-0.05, 0) is 25.1 Å². The van der Waals surface area contributed by atoms with Crippen LogP contribution < -0.4 is 10.6 Å². The highest BCUT2D eigenvalue weighted by molar-refractivity contribution is 5.99. The topological polar surface area (TPSA) is 77.6 Å². The monoisotopic (exact) mass is 385 g/mol. The average molecular weight is 385 g/mol. The van der Waals surface area contributed by atoms with Crippen molar-refractivity contribution >= 4 is 23.3 Å². The van der Waals surface area contributed by atoms with Crippen LogP contribution in [0.4, 0.5) is 20.6 Å². The summed E-state index contributed by atoms with van der Waals surface area (Å²) in [6.07, 6.45) is 1.54. The van der Waals surface area contributed by atoms with Crippen LogP contribution in [0.2, 0.25) is 0 Å². The number of carbonyl (C=O) groups is 2. The number of aryl methyl sites for hydroxylation is 1. The van der Waals surface area contributed by atoms with Crippen LogP contribution in [0.3, 0.4) is 0 Å². The minimum atomic E-state index is -0.531. The summed E-state index contributed by atoms with van der Waals surface area (Å²) in [5.41, 5.74) is 2.00. The Labute approximate surface area is 163 Å². The zero-order chi connectivity index (χ0) is 20.1. The fourth-order valence-electron chi connectivity index (χ4n) is 3.09. The summed E-state index contributed by atoms with van der Waals surface area (Å²) in [4.78, 5) is 31.6. The Morgan fingerprint density at radius 2 is 1.86 bits per heavy atom. The van der Waals surface area contributed by atoms with Crippen LogP contribution in [-0.4, -0.2) is 52.9 Å². The molecule has 3 rings (SSSR count). The lowest BCUT2D eigenvalue weighted by molar-refractivity contribution is -0.130.